The first-order valence-corrected chi connectivity index (χ1v) is 8.93. The standard InChI is InChI=1S/C20H29NO5/c1-5-6-12-16(21-19(22)23-4)18-17(25-20(2,3)26-18)14-24-13-15-10-8-7-9-11-15/h6-12,16-18H,5,13-14H2,1-4H3,(H,21,22)/b12-6+/t16-,17-,18-/m0/s1. The molecular formula is C20H29NO5. The number of amides is 1. The Hall–Kier alpha value is -1.89. The van der Waals surface area contributed by atoms with Gasteiger partial charge in [-0.15, -0.1) is 0 Å². The van der Waals surface area contributed by atoms with Gasteiger partial charge in [0.2, 0.25) is 0 Å². The molecule has 144 valence electrons. The highest BCUT2D eigenvalue weighted by molar-refractivity contribution is 5.67. The summed E-state index contributed by atoms with van der Waals surface area (Å²) in [7, 11) is 1.34. The van der Waals surface area contributed by atoms with Gasteiger partial charge >= 0.3 is 6.09 Å². The van der Waals surface area contributed by atoms with Crippen molar-refractivity contribution in [1.82, 2.24) is 5.32 Å². The van der Waals surface area contributed by atoms with E-state index in [9.17, 15) is 4.79 Å². The van der Waals surface area contributed by atoms with Crippen LogP contribution in [0.15, 0.2) is 42.5 Å². The highest BCUT2D eigenvalue weighted by atomic mass is 16.8. The first-order valence-electron chi connectivity index (χ1n) is 8.93. The lowest BCUT2D eigenvalue weighted by Gasteiger charge is -2.25. The lowest BCUT2D eigenvalue weighted by atomic mass is 10.1. The summed E-state index contributed by atoms with van der Waals surface area (Å²) in [5, 5.41) is 2.81. The van der Waals surface area contributed by atoms with Crippen molar-refractivity contribution in [3.8, 4) is 0 Å². The van der Waals surface area contributed by atoms with E-state index >= 15 is 0 Å². The number of carbonyl (C=O) groups is 1. The molecule has 6 nitrogen and oxygen atoms in total. The predicted octanol–water partition coefficient (Wildman–Crippen LogP) is 3.41. The summed E-state index contributed by atoms with van der Waals surface area (Å²) in [6, 6.07) is 9.59. The largest absolute Gasteiger partial charge is 0.453 e. The van der Waals surface area contributed by atoms with Crippen molar-refractivity contribution in [3.63, 3.8) is 0 Å². The van der Waals surface area contributed by atoms with Crippen LogP contribution in [0.4, 0.5) is 4.79 Å². The van der Waals surface area contributed by atoms with Crippen LogP contribution in [0.25, 0.3) is 0 Å². The molecule has 1 N–H and O–H groups in total. The smallest absolute Gasteiger partial charge is 0.407 e. The molecule has 1 aromatic rings. The molecule has 6 heteroatoms. The minimum atomic E-state index is -0.748. The summed E-state index contributed by atoms with van der Waals surface area (Å²) in [5.41, 5.74) is 1.09. The van der Waals surface area contributed by atoms with E-state index in [2.05, 4.69) is 5.32 Å². The molecule has 1 heterocycles. The third-order valence-electron chi connectivity index (χ3n) is 4.02. The molecule has 0 unspecified atom stereocenters. The van der Waals surface area contributed by atoms with E-state index in [4.69, 9.17) is 18.9 Å². The van der Waals surface area contributed by atoms with Crippen molar-refractivity contribution in [2.24, 2.45) is 0 Å². The van der Waals surface area contributed by atoms with Gasteiger partial charge in [0.25, 0.3) is 0 Å². The van der Waals surface area contributed by atoms with Crippen LogP contribution in [0.2, 0.25) is 0 Å². The molecule has 3 atom stereocenters. The van der Waals surface area contributed by atoms with Gasteiger partial charge in [-0.25, -0.2) is 4.79 Å². The molecule has 0 bridgehead atoms. The van der Waals surface area contributed by atoms with Crippen LogP contribution in [0, 0.1) is 0 Å². The van der Waals surface area contributed by atoms with E-state index in [0.717, 1.165) is 12.0 Å². The third-order valence-corrected chi connectivity index (χ3v) is 4.02. The van der Waals surface area contributed by atoms with Crippen molar-refractivity contribution in [2.75, 3.05) is 13.7 Å². The second kappa shape index (κ2) is 9.71. The van der Waals surface area contributed by atoms with Gasteiger partial charge in [0.1, 0.15) is 12.2 Å². The number of alkyl carbamates (subject to hydrolysis) is 1. The van der Waals surface area contributed by atoms with Gasteiger partial charge in [-0.1, -0.05) is 49.4 Å². The van der Waals surface area contributed by atoms with E-state index in [1.807, 2.05) is 63.3 Å². The van der Waals surface area contributed by atoms with Gasteiger partial charge in [0.15, 0.2) is 5.79 Å². The second-order valence-corrected chi connectivity index (χ2v) is 6.64. The fraction of sp³-hybridized carbons (Fsp3) is 0.550. The number of hydrogen-bond acceptors (Lipinski definition) is 5. The molecular weight excluding hydrogens is 334 g/mol. The number of ether oxygens (including phenoxy) is 4. The Labute approximate surface area is 155 Å². The number of hydrogen-bond donors (Lipinski definition) is 1. The topological polar surface area (TPSA) is 66.0 Å². The zero-order chi connectivity index (χ0) is 19.0. The fourth-order valence-corrected chi connectivity index (χ4v) is 2.88. The van der Waals surface area contributed by atoms with E-state index < -0.39 is 11.9 Å². The molecule has 1 aliphatic heterocycles. The monoisotopic (exact) mass is 363 g/mol. The predicted molar refractivity (Wildman–Crippen MR) is 98.7 cm³/mol. The maximum atomic E-state index is 11.7. The van der Waals surface area contributed by atoms with Gasteiger partial charge in [0.05, 0.1) is 26.4 Å². The SMILES string of the molecule is CC/C=C/[C@H](NC(=O)OC)[C@@H]1OC(C)(C)O[C@H]1COCc1ccccc1. The highest BCUT2D eigenvalue weighted by Crippen LogP contribution is 2.31. The number of rotatable bonds is 8. The summed E-state index contributed by atoms with van der Waals surface area (Å²) >= 11 is 0. The van der Waals surface area contributed by atoms with Crippen LogP contribution in [-0.4, -0.2) is 43.8 Å². The number of carbonyl (C=O) groups excluding carboxylic acids is 1. The summed E-state index contributed by atoms with van der Waals surface area (Å²) in [5.74, 6) is -0.748. The van der Waals surface area contributed by atoms with Gasteiger partial charge in [0, 0.05) is 0 Å². The maximum Gasteiger partial charge on any atom is 0.407 e. The zero-order valence-electron chi connectivity index (χ0n) is 15.9. The quantitative estimate of drug-likeness (QED) is 0.717. The van der Waals surface area contributed by atoms with Crippen LogP contribution in [0.5, 0.6) is 0 Å². The molecule has 1 saturated heterocycles. The second-order valence-electron chi connectivity index (χ2n) is 6.64. The zero-order valence-corrected chi connectivity index (χ0v) is 15.9. The molecule has 1 amide bonds. The average Bonchev–Trinajstić information content (AvgIpc) is 2.93. The first-order chi connectivity index (χ1) is 12.4. The van der Waals surface area contributed by atoms with Crippen molar-refractivity contribution in [1.29, 1.82) is 0 Å². The van der Waals surface area contributed by atoms with Crippen LogP contribution in [0.1, 0.15) is 32.8 Å². The van der Waals surface area contributed by atoms with Crippen molar-refractivity contribution >= 4 is 6.09 Å². The van der Waals surface area contributed by atoms with E-state index in [1.54, 1.807) is 0 Å². The minimum Gasteiger partial charge on any atom is -0.453 e. The maximum absolute atomic E-state index is 11.7. The summed E-state index contributed by atoms with van der Waals surface area (Å²) in [6.07, 6.45) is 3.56. The third kappa shape index (κ3) is 6.12. The van der Waals surface area contributed by atoms with Crippen LogP contribution in [0.3, 0.4) is 0 Å². The molecule has 0 aliphatic carbocycles. The van der Waals surface area contributed by atoms with Gasteiger partial charge in [-0.05, 0) is 25.8 Å². The minimum absolute atomic E-state index is 0.308. The Kier molecular flexibility index (Phi) is 7.63. The lowest BCUT2D eigenvalue weighted by molar-refractivity contribution is -0.152. The van der Waals surface area contributed by atoms with Crippen molar-refractivity contribution in [3.05, 3.63) is 48.0 Å². The average molecular weight is 363 g/mol. The Morgan fingerprint density at radius 1 is 1.31 bits per heavy atom. The molecule has 0 saturated carbocycles. The van der Waals surface area contributed by atoms with E-state index in [0.29, 0.717) is 13.2 Å². The van der Waals surface area contributed by atoms with Crippen LogP contribution in [-0.2, 0) is 25.6 Å². The van der Waals surface area contributed by atoms with E-state index in [-0.39, 0.29) is 18.2 Å². The molecule has 0 radical (unpaired) electrons. The molecule has 2 rings (SSSR count). The molecule has 0 aromatic heterocycles. The Balaban J connectivity index is 2.03. The van der Waals surface area contributed by atoms with Gasteiger partial charge in [-0.2, -0.15) is 0 Å². The molecule has 1 aromatic carbocycles. The molecule has 1 aliphatic rings. The summed E-state index contributed by atoms with van der Waals surface area (Å²) < 4.78 is 22.6. The highest BCUT2D eigenvalue weighted by Gasteiger charge is 2.45. The van der Waals surface area contributed by atoms with Gasteiger partial charge < -0.3 is 24.3 Å². The molecule has 1 fully saturated rings. The Morgan fingerprint density at radius 2 is 2.04 bits per heavy atom. The van der Waals surface area contributed by atoms with Crippen LogP contribution >= 0.6 is 0 Å². The summed E-state index contributed by atoms with van der Waals surface area (Å²) in [4.78, 5) is 11.7. The Morgan fingerprint density at radius 3 is 2.69 bits per heavy atom. The first kappa shape index (κ1) is 20.4. The number of allylic oxidation sites excluding steroid dienone is 1. The molecule has 0 spiro atoms. The van der Waals surface area contributed by atoms with Crippen molar-refractivity contribution < 1.29 is 23.7 Å². The lowest BCUT2D eigenvalue weighted by Crippen LogP contribution is -2.47. The number of nitrogens with one attached hydrogen (secondary N) is 1. The number of methoxy groups -OCH3 is 1. The normalized spacial score (nSPS) is 23.1. The summed E-state index contributed by atoms with van der Waals surface area (Å²) in [6.45, 7) is 6.60. The van der Waals surface area contributed by atoms with Crippen LogP contribution < -0.4 is 5.32 Å². The Bertz CT molecular complexity index is 587. The van der Waals surface area contributed by atoms with Crippen molar-refractivity contribution in [2.45, 2.75) is 57.8 Å². The fourth-order valence-electron chi connectivity index (χ4n) is 2.88. The molecule has 26 heavy (non-hydrogen) atoms. The van der Waals surface area contributed by atoms with Gasteiger partial charge in [-0.3, -0.25) is 0 Å². The number of benzene rings is 1. The van der Waals surface area contributed by atoms with E-state index in [1.165, 1.54) is 7.11 Å².